The topological polar surface area (TPSA) is 73.7 Å². The average Bonchev–Trinajstić information content (AvgIpc) is 3.63. The fourth-order valence-corrected chi connectivity index (χ4v) is 4.73. The van der Waals surface area contributed by atoms with E-state index in [1.165, 1.54) is 4.68 Å². The third kappa shape index (κ3) is 6.21. The molecule has 1 heterocycles. The number of aromatic nitrogens is 2. The molecule has 1 aromatic heterocycles. The molecule has 0 aliphatic heterocycles. The van der Waals surface area contributed by atoms with Gasteiger partial charge in [0.05, 0.1) is 12.3 Å². The Kier molecular flexibility index (Phi) is 7.04. The van der Waals surface area contributed by atoms with Crippen LogP contribution in [0.5, 0.6) is 5.75 Å². The van der Waals surface area contributed by atoms with E-state index in [-0.39, 0.29) is 30.0 Å². The van der Waals surface area contributed by atoms with E-state index in [1.807, 2.05) is 54.6 Å². The van der Waals surface area contributed by atoms with E-state index >= 15 is 0 Å². The van der Waals surface area contributed by atoms with Crippen LogP contribution < -0.4 is 4.74 Å². The second-order valence-corrected chi connectivity index (χ2v) is 11.3. The molecule has 0 N–H and O–H groups in total. The van der Waals surface area contributed by atoms with Gasteiger partial charge in [-0.3, -0.25) is 4.79 Å². The van der Waals surface area contributed by atoms with Gasteiger partial charge in [-0.15, -0.1) is 0 Å². The number of nitrogens with zero attached hydrogens (tertiary/aromatic N) is 3. The molecule has 1 amide bonds. The Morgan fingerprint density at radius 2 is 1.73 bits per heavy atom. The number of carbonyl (C=O) groups excluding carboxylic acids is 2. The monoisotopic (exact) mass is 501 g/mol. The number of ether oxygens (including phenoxy) is 2. The molecule has 3 aromatic rings. The minimum atomic E-state index is -0.487. The van der Waals surface area contributed by atoms with Gasteiger partial charge in [0.1, 0.15) is 12.4 Å². The van der Waals surface area contributed by atoms with Crippen molar-refractivity contribution in [3.63, 3.8) is 0 Å². The molecule has 2 aromatic carbocycles. The molecule has 0 radical (unpaired) electrons. The number of carbonyl (C=O) groups is 2. The van der Waals surface area contributed by atoms with Crippen molar-refractivity contribution in [3.8, 4) is 5.75 Å². The maximum absolute atomic E-state index is 13.6. The van der Waals surface area contributed by atoms with Crippen molar-refractivity contribution < 1.29 is 19.1 Å². The highest BCUT2D eigenvalue weighted by Gasteiger charge is 2.39. The minimum Gasteiger partial charge on any atom is -0.493 e. The number of rotatable bonds is 7. The number of hydrogen-bond donors (Lipinski definition) is 0. The van der Waals surface area contributed by atoms with Gasteiger partial charge >= 0.3 is 6.09 Å². The van der Waals surface area contributed by atoms with Gasteiger partial charge in [0.25, 0.3) is 5.91 Å². The Morgan fingerprint density at radius 1 is 1.00 bits per heavy atom. The maximum Gasteiger partial charge on any atom is 0.435 e. The summed E-state index contributed by atoms with van der Waals surface area (Å²) in [5, 5.41) is 4.49. The summed E-state index contributed by atoms with van der Waals surface area (Å²) in [4.78, 5) is 28.3. The van der Waals surface area contributed by atoms with E-state index in [1.54, 1.807) is 6.20 Å². The van der Waals surface area contributed by atoms with Crippen LogP contribution in [-0.4, -0.2) is 45.4 Å². The van der Waals surface area contributed by atoms with E-state index < -0.39 is 6.09 Å². The van der Waals surface area contributed by atoms with E-state index in [4.69, 9.17) is 9.47 Å². The van der Waals surface area contributed by atoms with Gasteiger partial charge in [0, 0.05) is 23.8 Å². The summed E-state index contributed by atoms with van der Waals surface area (Å²) in [6.07, 6.45) is 5.61. The number of benzene rings is 2. The summed E-state index contributed by atoms with van der Waals surface area (Å²) in [5.41, 5.74) is 3.61. The SMILES string of the molecule is CC(C)(C)COc1ccc(C(=O)N(C2CC2)C2CCc3nn(C(=O)OCc4ccccc4)cc3C2)cc1. The van der Waals surface area contributed by atoms with Crippen molar-refractivity contribution in [3.05, 3.63) is 83.2 Å². The molecule has 7 heteroatoms. The Balaban J connectivity index is 1.24. The van der Waals surface area contributed by atoms with Gasteiger partial charge in [0.2, 0.25) is 0 Å². The van der Waals surface area contributed by atoms with Crippen molar-refractivity contribution >= 4 is 12.0 Å². The summed E-state index contributed by atoms with van der Waals surface area (Å²) in [6, 6.07) is 17.5. The van der Waals surface area contributed by atoms with E-state index in [2.05, 4.69) is 30.8 Å². The van der Waals surface area contributed by atoms with Crippen molar-refractivity contribution in [2.75, 3.05) is 6.61 Å². The van der Waals surface area contributed by atoms with Crippen LogP contribution in [0.4, 0.5) is 4.79 Å². The number of amides is 1. The quantitative estimate of drug-likeness (QED) is 0.418. The smallest absolute Gasteiger partial charge is 0.435 e. The van der Waals surface area contributed by atoms with Crippen molar-refractivity contribution in [2.45, 2.75) is 71.6 Å². The van der Waals surface area contributed by atoms with Crippen LogP contribution in [0.1, 0.15) is 67.2 Å². The zero-order valence-corrected chi connectivity index (χ0v) is 21.9. The third-order valence-corrected chi connectivity index (χ3v) is 6.78. The highest BCUT2D eigenvalue weighted by Crippen LogP contribution is 2.35. The van der Waals surface area contributed by atoms with Gasteiger partial charge in [-0.25, -0.2) is 4.79 Å². The van der Waals surface area contributed by atoms with Crippen molar-refractivity contribution in [1.82, 2.24) is 14.7 Å². The highest BCUT2D eigenvalue weighted by molar-refractivity contribution is 5.95. The Hall–Kier alpha value is -3.61. The van der Waals surface area contributed by atoms with Gasteiger partial charge in [-0.1, -0.05) is 51.1 Å². The molecule has 1 unspecified atom stereocenters. The number of aryl methyl sites for hydroxylation is 1. The number of fused-ring (bicyclic) bond motifs is 1. The summed E-state index contributed by atoms with van der Waals surface area (Å²) >= 11 is 0. The molecular weight excluding hydrogens is 466 g/mol. The normalized spacial score (nSPS) is 17.1. The fraction of sp³-hybridized carbons (Fsp3) is 0.433. The predicted molar refractivity (Wildman–Crippen MR) is 141 cm³/mol. The first-order valence-corrected chi connectivity index (χ1v) is 13.1. The largest absolute Gasteiger partial charge is 0.493 e. The zero-order valence-electron chi connectivity index (χ0n) is 21.9. The van der Waals surface area contributed by atoms with Gasteiger partial charge in [0.15, 0.2) is 0 Å². The van der Waals surface area contributed by atoms with Crippen LogP contribution in [0.2, 0.25) is 0 Å². The first kappa shape index (κ1) is 25.1. The van der Waals surface area contributed by atoms with Crippen LogP contribution in [0.25, 0.3) is 0 Å². The number of hydrogen-bond acceptors (Lipinski definition) is 5. The Bertz CT molecular complexity index is 1240. The highest BCUT2D eigenvalue weighted by atomic mass is 16.6. The third-order valence-electron chi connectivity index (χ3n) is 6.78. The predicted octanol–water partition coefficient (Wildman–Crippen LogP) is 5.66. The molecule has 2 aliphatic carbocycles. The van der Waals surface area contributed by atoms with E-state index in [0.29, 0.717) is 18.6 Å². The molecule has 194 valence electrons. The molecule has 0 bridgehead atoms. The lowest BCUT2D eigenvalue weighted by Crippen LogP contribution is -2.44. The minimum absolute atomic E-state index is 0.0629. The van der Waals surface area contributed by atoms with Crippen LogP contribution in [0, 0.1) is 5.41 Å². The van der Waals surface area contributed by atoms with Crippen molar-refractivity contribution in [2.24, 2.45) is 5.41 Å². The first-order valence-electron chi connectivity index (χ1n) is 13.1. The molecule has 37 heavy (non-hydrogen) atoms. The second kappa shape index (κ2) is 10.4. The average molecular weight is 502 g/mol. The Morgan fingerprint density at radius 3 is 2.41 bits per heavy atom. The standard InChI is InChI=1S/C30H35N3O4/c1-30(2,3)20-37-26-14-9-22(10-15-26)28(34)33(24-11-12-24)25-13-16-27-23(17-25)18-32(31-27)29(35)36-19-21-7-5-4-6-8-21/h4-10,14-15,18,24-25H,11-13,16-17,19-20H2,1-3H3. The molecule has 0 spiro atoms. The van der Waals surface area contributed by atoms with E-state index in [0.717, 1.165) is 48.3 Å². The molecule has 5 rings (SSSR count). The molecule has 2 aliphatic rings. The lowest BCUT2D eigenvalue weighted by molar-refractivity contribution is 0.0642. The summed E-state index contributed by atoms with van der Waals surface area (Å²) in [6.45, 7) is 7.21. The van der Waals surface area contributed by atoms with Gasteiger partial charge < -0.3 is 14.4 Å². The summed E-state index contributed by atoms with van der Waals surface area (Å²) in [5.74, 6) is 0.839. The van der Waals surface area contributed by atoms with Crippen LogP contribution in [-0.2, 0) is 24.2 Å². The van der Waals surface area contributed by atoms with Crippen LogP contribution in [0.3, 0.4) is 0 Å². The molecule has 1 fully saturated rings. The summed E-state index contributed by atoms with van der Waals surface area (Å²) < 4.78 is 12.6. The molecule has 0 saturated heterocycles. The van der Waals surface area contributed by atoms with Gasteiger partial charge in [-0.05, 0) is 72.9 Å². The van der Waals surface area contributed by atoms with Crippen molar-refractivity contribution in [1.29, 1.82) is 0 Å². The molecule has 1 saturated carbocycles. The fourth-order valence-electron chi connectivity index (χ4n) is 4.73. The Labute approximate surface area is 218 Å². The first-order chi connectivity index (χ1) is 17.8. The van der Waals surface area contributed by atoms with Crippen LogP contribution in [0.15, 0.2) is 60.8 Å². The van der Waals surface area contributed by atoms with E-state index in [9.17, 15) is 9.59 Å². The zero-order chi connectivity index (χ0) is 26.0. The van der Waals surface area contributed by atoms with Gasteiger partial charge in [-0.2, -0.15) is 9.78 Å². The molecule has 1 atom stereocenters. The molecular formula is C30H35N3O4. The van der Waals surface area contributed by atoms with Crippen LogP contribution >= 0.6 is 0 Å². The lowest BCUT2D eigenvalue weighted by Gasteiger charge is -2.34. The molecule has 7 nitrogen and oxygen atoms in total. The second-order valence-electron chi connectivity index (χ2n) is 11.3. The lowest BCUT2D eigenvalue weighted by atomic mass is 9.91. The summed E-state index contributed by atoms with van der Waals surface area (Å²) in [7, 11) is 0. The maximum atomic E-state index is 13.6.